The van der Waals surface area contributed by atoms with Crippen LogP contribution in [-0.2, 0) is 6.54 Å². The summed E-state index contributed by atoms with van der Waals surface area (Å²) in [7, 11) is 0. The Bertz CT molecular complexity index is 372. The van der Waals surface area contributed by atoms with E-state index in [0.29, 0.717) is 6.61 Å². The highest BCUT2D eigenvalue weighted by molar-refractivity contribution is 6.30. The molecule has 0 aliphatic carbocycles. The van der Waals surface area contributed by atoms with Gasteiger partial charge in [-0.05, 0) is 32.0 Å². The first-order valence-corrected chi connectivity index (χ1v) is 7.24. The predicted octanol–water partition coefficient (Wildman–Crippen LogP) is -0.254. The molecule has 0 saturated carbocycles. The molecule has 5 heteroatoms. The van der Waals surface area contributed by atoms with Gasteiger partial charge in [0.25, 0.3) is 0 Å². The summed E-state index contributed by atoms with van der Waals surface area (Å²) in [4.78, 5) is 0. The van der Waals surface area contributed by atoms with E-state index in [4.69, 9.17) is 21.4 Å². The van der Waals surface area contributed by atoms with Crippen LogP contribution in [0.1, 0.15) is 19.4 Å². The van der Waals surface area contributed by atoms with Crippen molar-refractivity contribution in [2.75, 3.05) is 26.2 Å². The van der Waals surface area contributed by atoms with Gasteiger partial charge in [-0.25, -0.2) is 0 Å². The van der Waals surface area contributed by atoms with E-state index in [1.165, 1.54) is 0 Å². The molecule has 19 heavy (non-hydrogen) atoms. The van der Waals surface area contributed by atoms with Gasteiger partial charge in [0.05, 0.1) is 12.7 Å². The number of aliphatic hydroxyl groups excluding tert-OH is 1. The van der Waals surface area contributed by atoms with Crippen molar-refractivity contribution in [1.29, 1.82) is 0 Å². The molecule has 0 aliphatic rings. The first-order chi connectivity index (χ1) is 9.13. The van der Waals surface area contributed by atoms with Crippen LogP contribution < -0.4 is 15.4 Å². The quantitative estimate of drug-likeness (QED) is 0.549. The monoisotopic (exact) mass is 288 g/mol. The van der Waals surface area contributed by atoms with E-state index in [0.717, 1.165) is 42.5 Å². The normalized spacial score (nSPS) is 12.4. The molecule has 0 aliphatic heterocycles. The van der Waals surface area contributed by atoms with Gasteiger partial charge in [-0.2, -0.15) is 0 Å². The van der Waals surface area contributed by atoms with Crippen molar-refractivity contribution < 1.29 is 20.5 Å². The number of aliphatic hydroxyl groups is 1. The topological polar surface area (TPSA) is 62.7 Å². The van der Waals surface area contributed by atoms with E-state index in [1.54, 1.807) is 6.92 Å². The zero-order valence-electron chi connectivity index (χ0n) is 11.7. The fraction of sp³-hybridized carbons (Fsp3) is 0.571. The Hall–Kier alpha value is -0.810. The van der Waals surface area contributed by atoms with Crippen LogP contribution in [0.4, 0.5) is 0 Å². The maximum atomic E-state index is 9.14. The van der Waals surface area contributed by atoms with Gasteiger partial charge in [-0.15, -0.1) is 0 Å². The fourth-order valence-electron chi connectivity index (χ4n) is 1.86. The van der Waals surface area contributed by atoms with Crippen molar-refractivity contribution in [3.8, 4) is 5.75 Å². The molecule has 0 heterocycles. The second-order valence-corrected chi connectivity index (χ2v) is 5.07. The Balaban J connectivity index is 2.33. The van der Waals surface area contributed by atoms with Crippen LogP contribution in [-0.4, -0.2) is 37.5 Å². The lowest BCUT2D eigenvalue weighted by molar-refractivity contribution is -0.733. The van der Waals surface area contributed by atoms with Crippen LogP contribution in [0.15, 0.2) is 18.2 Å². The van der Waals surface area contributed by atoms with E-state index < -0.39 is 0 Å². The molecule has 0 unspecified atom stereocenters. The highest BCUT2D eigenvalue weighted by Crippen LogP contribution is 2.21. The van der Waals surface area contributed by atoms with Crippen molar-refractivity contribution in [2.24, 2.45) is 0 Å². The lowest BCUT2D eigenvalue weighted by Crippen LogP contribution is -2.95. The SMILES string of the molecule is CCOc1ccc(Cl)cc1C[NH2+]CC[NH2+]C[C@H](C)O. The minimum atomic E-state index is -0.238. The Labute approximate surface area is 120 Å². The number of hydrogen-bond acceptors (Lipinski definition) is 2. The first kappa shape index (κ1) is 16.2. The molecule has 1 atom stereocenters. The van der Waals surface area contributed by atoms with E-state index >= 15 is 0 Å². The van der Waals surface area contributed by atoms with E-state index in [1.807, 2.05) is 25.1 Å². The van der Waals surface area contributed by atoms with E-state index in [2.05, 4.69) is 10.6 Å². The van der Waals surface area contributed by atoms with Gasteiger partial charge in [0.15, 0.2) is 0 Å². The third-order valence-corrected chi connectivity index (χ3v) is 3.00. The molecular weight excluding hydrogens is 264 g/mol. The molecule has 108 valence electrons. The van der Waals surface area contributed by atoms with Gasteiger partial charge < -0.3 is 20.5 Å². The zero-order valence-corrected chi connectivity index (χ0v) is 12.5. The van der Waals surface area contributed by atoms with Crippen LogP contribution in [0.25, 0.3) is 0 Å². The Morgan fingerprint density at radius 3 is 2.74 bits per heavy atom. The van der Waals surface area contributed by atoms with Gasteiger partial charge in [-0.3, -0.25) is 0 Å². The molecule has 0 amide bonds. The summed E-state index contributed by atoms with van der Waals surface area (Å²) in [6, 6.07) is 5.74. The standard InChI is InChI=1S/C14H23ClN2O2/c1-3-19-14-5-4-13(15)8-12(14)10-17-7-6-16-9-11(2)18/h4-5,8,11,16-18H,3,6-7,9-10H2,1-2H3/p+2/t11-/m0/s1. The Morgan fingerprint density at radius 1 is 1.32 bits per heavy atom. The zero-order chi connectivity index (χ0) is 14.1. The molecule has 1 aromatic carbocycles. The maximum Gasteiger partial charge on any atom is 0.128 e. The third-order valence-electron chi connectivity index (χ3n) is 2.77. The largest absolute Gasteiger partial charge is 0.493 e. The molecule has 1 aromatic rings. The molecule has 0 spiro atoms. The molecule has 0 bridgehead atoms. The number of ether oxygens (including phenoxy) is 1. The Kier molecular flexibility index (Phi) is 7.82. The van der Waals surface area contributed by atoms with Crippen LogP contribution in [0.3, 0.4) is 0 Å². The maximum absolute atomic E-state index is 9.14. The molecule has 5 N–H and O–H groups in total. The molecule has 0 aromatic heterocycles. The average Bonchev–Trinajstić information content (AvgIpc) is 2.36. The van der Waals surface area contributed by atoms with Crippen LogP contribution in [0.2, 0.25) is 5.02 Å². The van der Waals surface area contributed by atoms with Gasteiger partial charge in [-0.1, -0.05) is 11.6 Å². The summed E-state index contributed by atoms with van der Waals surface area (Å²) in [5, 5.41) is 14.2. The summed E-state index contributed by atoms with van der Waals surface area (Å²) in [5.41, 5.74) is 1.13. The van der Waals surface area contributed by atoms with Gasteiger partial charge in [0.2, 0.25) is 0 Å². The van der Waals surface area contributed by atoms with Crippen molar-refractivity contribution >= 4 is 11.6 Å². The first-order valence-electron chi connectivity index (χ1n) is 6.86. The summed E-state index contributed by atoms with van der Waals surface area (Å²) in [6.07, 6.45) is -0.238. The van der Waals surface area contributed by atoms with Crippen molar-refractivity contribution in [3.05, 3.63) is 28.8 Å². The van der Waals surface area contributed by atoms with Crippen LogP contribution in [0, 0.1) is 0 Å². The summed E-state index contributed by atoms with van der Waals surface area (Å²) in [5.74, 6) is 0.913. The van der Waals surface area contributed by atoms with Gasteiger partial charge in [0, 0.05) is 10.6 Å². The molecule has 0 saturated heterocycles. The number of hydrogen-bond donors (Lipinski definition) is 3. The summed E-state index contributed by atoms with van der Waals surface area (Å²) < 4.78 is 5.58. The van der Waals surface area contributed by atoms with Crippen molar-refractivity contribution in [2.45, 2.75) is 26.5 Å². The van der Waals surface area contributed by atoms with Crippen molar-refractivity contribution in [3.63, 3.8) is 0 Å². The smallest absolute Gasteiger partial charge is 0.128 e. The molecular formula is C14H25ClN2O2+2. The number of nitrogens with two attached hydrogens (primary N) is 2. The second kappa shape index (κ2) is 9.15. The number of quaternary nitrogens is 2. The number of benzene rings is 1. The van der Waals surface area contributed by atoms with Gasteiger partial charge in [0.1, 0.15) is 31.9 Å². The Morgan fingerprint density at radius 2 is 2.05 bits per heavy atom. The minimum Gasteiger partial charge on any atom is -0.493 e. The highest BCUT2D eigenvalue weighted by Gasteiger charge is 2.06. The minimum absolute atomic E-state index is 0.238. The summed E-state index contributed by atoms with van der Waals surface area (Å²) >= 11 is 6.01. The van der Waals surface area contributed by atoms with Crippen LogP contribution >= 0.6 is 11.6 Å². The van der Waals surface area contributed by atoms with E-state index in [9.17, 15) is 0 Å². The summed E-state index contributed by atoms with van der Waals surface area (Å²) in [6.45, 7) is 8.07. The van der Waals surface area contributed by atoms with Gasteiger partial charge >= 0.3 is 0 Å². The highest BCUT2D eigenvalue weighted by atomic mass is 35.5. The molecule has 4 nitrogen and oxygen atoms in total. The predicted molar refractivity (Wildman–Crippen MR) is 76.5 cm³/mol. The third kappa shape index (κ3) is 6.78. The molecule has 0 radical (unpaired) electrons. The second-order valence-electron chi connectivity index (χ2n) is 4.63. The number of halogens is 1. The average molecular weight is 289 g/mol. The molecule has 0 fully saturated rings. The van der Waals surface area contributed by atoms with Crippen LogP contribution in [0.5, 0.6) is 5.75 Å². The lowest BCUT2D eigenvalue weighted by atomic mass is 10.2. The fourth-order valence-corrected chi connectivity index (χ4v) is 2.05. The van der Waals surface area contributed by atoms with E-state index in [-0.39, 0.29) is 6.10 Å². The number of rotatable bonds is 9. The molecule has 1 rings (SSSR count). The lowest BCUT2D eigenvalue weighted by Gasteiger charge is -2.09. The van der Waals surface area contributed by atoms with Crippen molar-refractivity contribution in [1.82, 2.24) is 0 Å².